The van der Waals surface area contributed by atoms with Crippen molar-refractivity contribution in [3.05, 3.63) is 33.9 Å². The molecule has 0 saturated heterocycles. The highest BCUT2D eigenvalue weighted by atomic mass is 16.5. The molecule has 0 aliphatic rings. The average Bonchev–Trinajstić information content (AvgIpc) is 2.27. The van der Waals surface area contributed by atoms with Crippen molar-refractivity contribution in [2.24, 2.45) is 7.05 Å². The zero-order valence-electron chi connectivity index (χ0n) is 9.87. The Morgan fingerprint density at radius 3 is 2.62 bits per heavy atom. The maximum Gasteiger partial charge on any atom is 0.261 e. The summed E-state index contributed by atoms with van der Waals surface area (Å²) in [5, 5.41) is 0.602. The van der Waals surface area contributed by atoms with E-state index in [1.807, 2.05) is 19.9 Å². The molecule has 0 aliphatic carbocycles. The first-order valence-corrected chi connectivity index (χ1v) is 5.06. The smallest absolute Gasteiger partial charge is 0.261 e. The Kier molecular flexibility index (Phi) is 2.42. The number of aryl methyl sites for hydroxylation is 2. The summed E-state index contributed by atoms with van der Waals surface area (Å²) in [6.45, 7) is 3.75. The molecule has 0 spiro atoms. The minimum atomic E-state index is -0.0375. The highest BCUT2D eigenvalue weighted by Gasteiger charge is 2.09. The first-order valence-electron chi connectivity index (χ1n) is 5.06. The quantitative estimate of drug-likeness (QED) is 0.729. The predicted octanol–water partition coefficient (Wildman–Crippen LogP) is 1.56. The minimum absolute atomic E-state index is 0.0375. The summed E-state index contributed by atoms with van der Waals surface area (Å²) in [7, 11) is 3.31. The Morgan fingerprint density at radius 2 is 2.00 bits per heavy atom. The molecule has 16 heavy (non-hydrogen) atoms. The molecule has 0 atom stereocenters. The van der Waals surface area contributed by atoms with Crippen LogP contribution in [0.2, 0.25) is 0 Å². The normalized spacial score (nSPS) is 10.8. The van der Waals surface area contributed by atoms with Gasteiger partial charge in [-0.05, 0) is 31.5 Å². The van der Waals surface area contributed by atoms with E-state index in [9.17, 15) is 4.79 Å². The zero-order chi connectivity index (χ0) is 11.9. The van der Waals surface area contributed by atoms with Gasteiger partial charge in [0.15, 0.2) is 0 Å². The van der Waals surface area contributed by atoms with Crippen molar-refractivity contribution >= 4 is 10.9 Å². The Balaban J connectivity index is 2.97. The highest BCUT2D eigenvalue weighted by Crippen LogP contribution is 2.21. The van der Waals surface area contributed by atoms with Crippen molar-refractivity contribution in [2.45, 2.75) is 13.8 Å². The standard InChI is InChI=1S/C12H14N2O2/c1-7-5-9(16-4)6-10-11(7)13-8(2)14(3)12(10)15/h5-6H,1-4H3. The molecule has 4 nitrogen and oxygen atoms in total. The van der Waals surface area contributed by atoms with Crippen molar-refractivity contribution in [3.63, 3.8) is 0 Å². The van der Waals surface area contributed by atoms with Gasteiger partial charge in [0.1, 0.15) is 11.6 Å². The lowest BCUT2D eigenvalue weighted by Crippen LogP contribution is -2.20. The highest BCUT2D eigenvalue weighted by molar-refractivity contribution is 5.82. The molecule has 0 saturated carbocycles. The first-order chi connectivity index (χ1) is 7.54. The molecule has 2 rings (SSSR count). The van der Waals surface area contributed by atoms with Gasteiger partial charge in [-0.15, -0.1) is 0 Å². The Bertz CT molecular complexity index is 614. The van der Waals surface area contributed by atoms with E-state index in [0.717, 1.165) is 11.1 Å². The monoisotopic (exact) mass is 218 g/mol. The number of rotatable bonds is 1. The van der Waals surface area contributed by atoms with Crippen LogP contribution in [0.25, 0.3) is 10.9 Å². The summed E-state index contributed by atoms with van der Waals surface area (Å²) in [4.78, 5) is 16.5. The van der Waals surface area contributed by atoms with Crippen LogP contribution < -0.4 is 10.3 Å². The fourth-order valence-corrected chi connectivity index (χ4v) is 1.74. The fraction of sp³-hybridized carbons (Fsp3) is 0.333. The first kappa shape index (κ1) is 10.7. The van der Waals surface area contributed by atoms with Crippen molar-refractivity contribution < 1.29 is 4.74 Å². The van der Waals surface area contributed by atoms with Crippen LogP contribution in [0.4, 0.5) is 0 Å². The van der Waals surface area contributed by atoms with Gasteiger partial charge >= 0.3 is 0 Å². The number of methoxy groups -OCH3 is 1. The molecule has 1 aromatic heterocycles. The summed E-state index contributed by atoms with van der Waals surface area (Å²) >= 11 is 0. The van der Waals surface area contributed by atoms with E-state index in [4.69, 9.17) is 4.74 Å². The Morgan fingerprint density at radius 1 is 1.31 bits per heavy atom. The summed E-state index contributed by atoms with van der Waals surface area (Å²) in [6, 6.07) is 3.62. The van der Waals surface area contributed by atoms with Gasteiger partial charge in [-0.2, -0.15) is 0 Å². The van der Waals surface area contributed by atoms with Crippen LogP contribution in [0.15, 0.2) is 16.9 Å². The Hall–Kier alpha value is -1.84. The summed E-state index contributed by atoms with van der Waals surface area (Å²) in [5.74, 6) is 1.40. The lowest BCUT2D eigenvalue weighted by atomic mass is 10.1. The van der Waals surface area contributed by atoms with Gasteiger partial charge in [0.25, 0.3) is 5.56 Å². The zero-order valence-corrected chi connectivity index (χ0v) is 9.87. The molecule has 0 fully saturated rings. The number of hydrogen-bond acceptors (Lipinski definition) is 3. The van der Waals surface area contributed by atoms with Gasteiger partial charge in [-0.25, -0.2) is 4.98 Å². The fourth-order valence-electron chi connectivity index (χ4n) is 1.74. The molecular weight excluding hydrogens is 204 g/mol. The number of benzene rings is 1. The van der Waals surface area contributed by atoms with Gasteiger partial charge in [0, 0.05) is 7.05 Å². The van der Waals surface area contributed by atoms with Crippen molar-refractivity contribution in [1.82, 2.24) is 9.55 Å². The minimum Gasteiger partial charge on any atom is -0.497 e. The number of nitrogens with zero attached hydrogens (tertiary/aromatic N) is 2. The van der Waals surface area contributed by atoms with Gasteiger partial charge in [-0.3, -0.25) is 9.36 Å². The van der Waals surface area contributed by atoms with Gasteiger partial charge < -0.3 is 4.74 Å². The van der Waals surface area contributed by atoms with E-state index in [1.165, 1.54) is 0 Å². The van der Waals surface area contributed by atoms with Crippen LogP contribution in [0.1, 0.15) is 11.4 Å². The molecule has 0 radical (unpaired) electrons. The van der Waals surface area contributed by atoms with E-state index in [0.29, 0.717) is 17.0 Å². The Labute approximate surface area is 93.5 Å². The second kappa shape index (κ2) is 3.63. The molecule has 4 heteroatoms. The molecule has 0 bridgehead atoms. The molecular formula is C12H14N2O2. The second-order valence-electron chi connectivity index (χ2n) is 3.86. The van der Waals surface area contributed by atoms with Gasteiger partial charge in [0.2, 0.25) is 0 Å². The van der Waals surface area contributed by atoms with Crippen LogP contribution >= 0.6 is 0 Å². The number of hydrogen-bond donors (Lipinski definition) is 0. The summed E-state index contributed by atoms with van der Waals surface area (Å²) in [6.07, 6.45) is 0. The van der Waals surface area contributed by atoms with Crippen LogP contribution in [0.5, 0.6) is 5.75 Å². The average molecular weight is 218 g/mol. The molecule has 0 amide bonds. The SMILES string of the molecule is COc1cc(C)c2nc(C)n(C)c(=O)c2c1. The van der Waals surface area contributed by atoms with E-state index in [1.54, 1.807) is 24.8 Å². The van der Waals surface area contributed by atoms with Crippen LogP contribution in [-0.2, 0) is 7.05 Å². The third kappa shape index (κ3) is 1.46. The number of aromatic nitrogens is 2. The van der Waals surface area contributed by atoms with E-state index in [2.05, 4.69) is 4.98 Å². The van der Waals surface area contributed by atoms with E-state index in [-0.39, 0.29) is 5.56 Å². The molecule has 0 N–H and O–H groups in total. The van der Waals surface area contributed by atoms with Crippen molar-refractivity contribution in [2.75, 3.05) is 7.11 Å². The third-order valence-electron chi connectivity index (χ3n) is 2.80. The van der Waals surface area contributed by atoms with Crippen LogP contribution in [0, 0.1) is 13.8 Å². The molecule has 0 aliphatic heterocycles. The maximum absolute atomic E-state index is 12.0. The molecule has 84 valence electrons. The number of ether oxygens (including phenoxy) is 1. The largest absolute Gasteiger partial charge is 0.497 e. The topological polar surface area (TPSA) is 44.1 Å². The molecule has 0 unspecified atom stereocenters. The lowest BCUT2D eigenvalue weighted by Gasteiger charge is -2.08. The van der Waals surface area contributed by atoms with Crippen LogP contribution in [-0.4, -0.2) is 16.7 Å². The van der Waals surface area contributed by atoms with Crippen molar-refractivity contribution in [3.8, 4) is 5.75 Å². The molecule has 2 aromatic rings. The molecule has 1 heterocycles. The van der Waals surface area contributed by atoms with Gasteiger partial charge in [-0.1, -0.05) is 0 Å². The molecule has 1 aromatic carbocycles. The summed E-state index contributed by atoms with van der Waals surface area (Å²) < 4.78 is 6.70. The van der Waals surface area contributed by atoms with Crippen molar-refractivity contribution in [1.29, 1.82) is 0 Å². The van der Waals surface area contributed by atoms with E-state index < -0.39 is 0 Å². The summed E-state index contributed by atoms with van der Waals surface area (Å²) in [5.41, 5.74) is 1.67. The van der Waals surface area contributed by atoms with Crippen LogP contribution in [0.3, 0.4) is 0 Å². The third-order valence-corrected chi connectivity index (χ3v) is 2.80. The number of fused-ring (bicyclic) bond motifs is 1. The second-order valence-corrected chi connectivity index (χ2v) is 3.86. The maximum atomic E-state index is 12.0. The predicted molar refractivity (Wildman–Crippen MR) is 63.0 cm³/mol. The van der Waals surface area contributed by atoms with E-state index >= 15 is 0 Å². The lowest BCUT2D eigenvalue weighted by molar-refractivity contribution is 0.415. The van der Waals surface area contributed by atoms with Gasteiger partial charge in [0.05, 0.1) is 18.0 Å².